The first-order valence-corrected chi connectivity index (χ1v) is 8.39. The predicted octanol–water partition coefficient (Wildman–Crippen LogP) is 5.86. The van der Waals surface area contributed by atoms with Crippen LogP contribution >= 0.6 is 11.3 Å². The quantitative estimate of drug-likeness (QED) is 0.503. The minimum atomic E-state index is 0.327. The van der Waals surface area contributed by atoms with Crippen molar-refractivity contribution in [1.29, 1.82) is 0 Å². The lowest BCUT2D eigenvalue weighted by molar-refractivity contribution is 0.428. The van der Waals surface area contributed by atoms with Crippen LogP contribution < -0.4 is 0 Å². The highest BCUT2D eigenvalue weighted by Crippen LogP contribution is 2.41. The van der Waals surface area contributed by atoms with Crippen LogP contribution in [0, 0.1) is 0 Å². The molecule has 3 heterocycles. The lowest BCUT2D eigenvalue weighted by atomic mass is 9.92. The van der Waals surface area contributed by atoms with Gasteiger partial charge in [-0.2, -0.15) is 0 Å². The van der Waals surface area contributed by atoms with E-state index in [0.717, 1.165) is 0 Å². The van der Waals surface area contributed by atoms with Crippen molar-refractivity contribution in [3.8, 4) is 0 Å². The molecule has 5 rings (SSSR count). The molecule has 0 radical (unpaired) electrons. The molecule has 22 heavy (non-hydrogen) atoms. The Morgan fingerprint density at radius 1 is 0.955 bits per heavy atom. The van der Waals surface area contributed by atoms with Crippen molar-refractivity contribution in [2.24, 2.45) is 0 Å². The number of fused-ring (bicyclic) bond motifs is 6. The molecule has 1 atom stereocenters. The minimum absolute atomic E-state index is 0.327. The minimum Gasteiger partial charge on any atom is -0.343 e. The summed E-state index contributed by atoms with van der Waals surface area (Å²) in [4.78, 5) is 2.29. The Bertz CT molecular complexity index is 1000. The summed E-state index contributed by atoms with van der Waals surface area (Å²) < 4.78 is 2.75. The van der Waals surface area contributed by atoms with E-state index >= 15 is 0 Å². The molecule has 1 nitrogen and oxygen atoms in total. The second kappa shape index (κ2) is 4.34. The summed E-state index contributed by atoms with van der Waals surface area (Å²) in [5.74, 6) is 0. The van der Waals surface area contributed by atoms with E-state index in [1.54, 1.807) is 0 Å². The lowest BCUT2D eigenvalue weighted by Crippen LogP contribution is -2.22. The molecule has 0 saturated heterocycles. The van der Waals surface area contributed by atoms with E-state index in [0.29, 0.717) is 6.04 Å². The maximum Gasteiger partial charge on any atom is 0.0775 e. The summed E-state index contributed by atoms with van der Waals surface area (Å²) in [6.07, 6.45) is 11.1. The van der Waals surface area contributed by atoms with Crippen molar-refractivity contribution in [3.63, 3.8) is 0 Å². The highest BCUT2D eigenvalue weighted by molar-refractivity contribution is 7.25. The smallest absolute Gasteiger partial charge is 0.0775 e. The molecular weight excluding hydrogens is 286 g/mol. The summed E-state index contributed by atoms with van der Waals surface area (Å²) in [6, 6.07) is 13.8. The van der Waals surface area contributed by atoms with Gasteiger partial charge in [-0.3, -0.25) is 0 Å². The molecule has 2 heteroatoms. The molecule has 3 aromatic rings. The van der Waals surface area contributed by atoms with Gasteiger partial charge >= 0.3 is 0 Å². The number of nitrogens with zero attached hydrogens (tertiary/aromatic N) is 1. The van der Waals surface area contributed by atoms with E-state index in [2.05, 4.69) is 78.8 Å². The van der Waals surface area contributed by atoms with E-state index in [-0.39, 0.29) is 0 Å². The normalized spacial score (nSPS) is 19.4. The molecule has 2 aliphatic rings. The van der Waals surface area contributed by atoms with Crippen molar-refractivity contribution >= 4 is 37.6 Å². The molecule has 0 N–H and O–H groups in total. The first kappa shape index (κ1) is 12.2. The Labute approximate surface area is 133 Å². The number of benzene rings is 2. The van der Waals surface area contributed by atoms with Crippen molar-refractivity contribution in [2.45, 2.75) is 13.0 Å². The topological polar surface area (TPSA) is 3.24 Å². The lowest BCUT2D eigenvalue weighted by Gasteiger charge is -2.33. The van der Waals surface area contributed by atoms with E-state index in [4.69, 9.17) is 0 Å². The molecule has 2 aromatic carbocycles. The van der Waals surface area contributed by atoms with Gasteiger partial charge in [0, 0.05) is 32.6 Å². The molecule has 0 amide bonds. The molecule has 0 fully saturated rings. The summed E-state index contributed by atoms with van der Waals surface area (Å²) in [5, 5.41) is 2.76. The standard InChI is InChI=1S/C20H15NS/c1-13-6-8-21-9-7-14-11-20-17(12-16(14)18(21)10-13)15-4-2-3-5-19(15)22-20/h2-12,18H,1H3. The van der Waals surface area contributed by atoms with Gasteiger partial charge in [0.25, 0.3) is 0 Å². The van der Waals surface area contributed by atoms with Gasteiger partial charge in [0.15, 0.2) is 0 Å². The molecule has 0 saturated carbocycles. The van der Waals surface area contributed by atoms with Crippen molar-refractivity contribution < 1.29 is 0 Å². The van der Waals surface area contributed by atoms with Crippen molar-refractivity contribution in [1.82, 2.24) is 4.90 Å². The highest BCUT2D eigenvalue weighted by Gasteiger charge is 2.23. The molecule has 106 valence electrons. The molecule has 1 unspecified atom stereocenters. The summed E-state index contributed by atoms with van der Waals surface area (Å²) >= 11 is 1.89. The zero-order chi connectivity index (χ0) is 14.7. The highest BCUT2D eigenvalue weighted by atomic mass is 32.1. The van der Waals surface area contributed by atoms with Crippen LogP contribution in [0.4, 0.5) is 0 Å². The fourth-order valence-corrected chi connectivity index (χ4v) is 4.59. The molecular formula is C20H15NS. The van der Waals surface area contributed by atoms with Gasteiger partial charge < -0.3 is 4.90 Å². The Hall–Kier alpha value is -2.32. The SMILES string of the molecule is CC1=CC2c3cc4c(cc3C=CN2C=C1)sc1ccccc14. The zero-order valence-corrected chi connectivity index (χ0v) is 13.1. The average Bonchev–Trinajstić information content (AvgIpc) is 2.90. The summed E-state index contributed by atoms with van der Waals surface area (Å²) in [5.41, 5.74) is 4.08. The number of allylic oxidation sites excluding steroid dienone is 2. The summed E-state index contributed by atoms with van der Waals surface area (Å²) in [6.45, 7) is 2.17. The summed E-state index contributed by atoms with van der Waals surface area (Å²) in [7, 11) is 0. The number of hydrogen-bond donors (Lipinski definition) is 0. The van der Waals surface area contributed by atoms with Crippen LogP contribution in [0.5, 0.6) is 0 Å². The monoisotopic (exact) mass is 301 g/mol. The van der Waals surface area contributed by atoms with Crippen LogP contribution in [-0.2, 0) is 0 Å². The van der Waals surface area contributed by atoms with E-state index < -0.39 is 0 Å². The fourth-order valence-electron chi connectivity index (χ4n) is 3.45. The molecule has 0 spiro atoms. The first-order chi connectivity index (χ1) is 10.8. The van der Waals surface area contributed by atoms with Gasteiger partial charge in [0.2, 0.25) is 0 Å². The second-order valence-corrected chi connectivity index (χ2v) is 7.09. The maximum absolute atomic E-state index is 2.40. The largest absolute Gasteiger partial charge is 0.343 e. The zero-order valence-electron chi connectivity index (χ0n) is 12.3. The first-order valence-electron chi connectivity index (χ1n) is 7.57. The van der Waals surface area contributed by atoms with Gasteiger partial charge in [0.05, 0.1) is 6.04 Å². The van der Waals surface area contributed by atoms with Crippen LogP contribution in [0.3, 0.4) is 0 Å². The third-order valence-electron chi connectivity index (χ3n) is 4.58. The van der Waals surface area contributed by atoms with E-state index in [1.165, 1.54) is 36.9 Å². The number of hydrogen-bond acceptors (Lipinski definition) is 2. The van der Waals surface area contributed by atoms with Crippen molar-refractivity contribution in [2.75, 3.05) is 0 Å². The second-order valence-electron chi connectivity index (χ2n) is 6.01. The van der Waals surface area contributed by atoms with E-state index in [9.17, 15) is 0 Å². The van der Waals surface area contributed by atoms with Crippen LogP contribution in [0.15, 0.2) is 66.5 Å². The van der Waals surface area contributed by atoms with E-state index in [1.807, 2.05) is 11.3 Å². The van der Waals surface area contributed by atoms with Crippen LogP contribution in [0.1, 0.15) is 24.1 Å². The Morgan fingerprint density at radius 2 is 1.82 bits per heavy atom. The molecule has 0 aliphatic carbocycles. The third kappa shape index (κ3) is 1.65. The predicted molar refractivity (Wildman–Crippen MR) is 95.8 cm³/mol. The fraction of sp³-hybridized carbons (Fsp3) is 0.100. The Kier molecular flexibility index (Phi) is 2.42. The van der Waals surface area contributed by atoms with Gasteiger partial charge in [0.1, 0.15) is 0 Å². The Morgan fingerprint density at radius 3 is 2.77 bits per heavy atom. The Balaban J connectivity index is 1.82. The van der Waals surface area contributed by atoms with Crippen molar-refractivity contribution in [3.05, 3.63) is 77.7 Å². The number of thiophene rings is 1. The third-order valence-corrected chi connectivity index (χ3v) is 5.71. The molecule has 0 bridgehead atoms. The van der Waals surface area contributed by atoms with Crippen LogP contribution in [-0.4, -0.2) is 4.90 Å². The maximum atomic E-state index is 2.40. The van der Waals surface area contributed by atoms with Gasteiger partial charge in [-0.1, -0.05) is 29.8 Å². The van der Waals surface area contributed by atoms with Crippen LogP contribution in [0.2, 0.25) is 0 Å². The average molecular weight is 301 g/mol. The molecule has 1 aromatic heterocycles. The van der Waals surface area contributed by atoms with Gasteiger partial charge in [-0.15, -0.1) is 11.3 Å². The van der Waals surface area contributed by atoms with Crippen LogP contribution in [0.25, 0.3) is 26.2 Å². The van der Waals surface area contributed by atoms with Gasteiger partial charge in [-0.05, 0) is 48.4 Å². The van der Waals surface area contributed by atoms with Gasteiger partial charge in [-0.25, -0.2) is 0 Å². The molecule has 2 aliphatic heterocycles. The number of rotatable bonds is 0.